The zero-order valence-corrected chi connectivity index (χ0v) is 13.2. The molecule has 22 heavy (non-hydrogen) atoms. The third-order valence-corrected chi connectivity index (χ3v) is 3.52. The fourth-order valence-electron chi connectivity index (χ4n) is 2.31. The lowest BCUT2D eigenvalue weighted by Crippen LogP contribution is -2.32. The molecule has 0 aliphatic rings. The van der Waals surface area contributed by atoms with Crippen LogP contribution in [0, 0.1) is 5.92 Å². The van der Waals surface area contributed by atoms with Crippen LogP contribution in [0.3, 0.4) is 0 Å². The van der Waals surface area contributed by atoms with Crippen molar-refractivity contribution in [3.8, 4) is 5.75 Å². The van der Waals surface area contributed by atoms with Crippen molar-refractivity contribution in [1.82, 2.24) is 0 Å². The van der Waals surface area contributed by atoms with Crippen LogP contribution in [0.2, 0.25) is 0 Å². The van der Waals surface area contributed by atoms with E-state index in [9.17, 15) is 9.59 Å². The molecule has 1 atom stereocenters. The monoisotopic (exact) mass is 307 g/mol. The van der Waals surface area contributed by atoms with Crippen molar-refractivity contribution < 1.29 is 19.4 Å². The van der Waals surface area contributed by atoms with E-state index in [-0.39, 0.29) is 18.3 Å². The number of rotatable bonds is 9. The van der Waals surface area contributed by atoms with Crippen LogP contribution in [0.5, 0.6) is 5.75 Å². The molecule has 1 aromatic carbocycles. The zero-order valence-electron chi connectivity index (χ0n) is 13.2. The Hall–Kier alpha value is -1.88. The van der Waals surface area contributed by atoms with Crippen molar-refractivity contribution in [1.29, 1.82) is 0 Å². The maximum atomic E-state index is 12.1. The largest absolute Gasteiger partial charge is 0.480 e. The number of carbonyl (C=O) groups excluding carboxylic acids is 1. The highest BCUT2D eigenvalue weighted by molar-refractivity contribution is 5.75. The molecule has 0 amide bonds. The quantitative estimate of drug-likeness (QED) is 0.541. The van der Waals surface area contributed by atoms with Crippen LogP contribution in [0.15, 0.2) is 24.3 Å². The second-order valence-electron chi connectivity index (χ2n) is 5.49. The van der Waals surface area contributed by atoms with Crippen molar-refractivity contribution in [2.45, 2.75) is 52.0 Å². The minimum absolute atomic E-state index is 0.0601. The van der Waals surface area contributed by atoms with Gasteiger partial charge in [0.2, 0.25) is 0 Å². The summed E-state index contributed by atoms with van der Waals surface area (Å²) in [6.07, 6.45) is 3.81. The first kappa shape index (κ1) is 18.2. The van der Waals surface area contributed by atoms with Gasteiger partial charge in [0.25, 0.3) is 0 Å². The van der Waals surface area contributed by atoms with Crippen molar-refractivity contribution in [3.63, 3.8) is 0 Å². The standard InChI is InChI=1S/C17H25NO4/c1-3-5-13(6-4-2)17(21)22-14-9-7-12(8-10-14)11-15(18)16(19)20/h7-10,13,15H,3-6,11,18H2,1-2H3,(H,19,20). The molecular formula is C17H25NO4. The third kappa shape index (κ3) is 5.85. The minimum Gasteiger partial charge on any atom is -0.480 e. The maximum absolute atomic E-state index is 12.1. The van der Waals surface area contributed by atoms with Crippen LogP contribution in [0.25, 0.3) is 0 Å². The number of aliphatic carboxylic acids is 1. The second-order valence-corrected chi connectivity index (χ2v) is 5.49. The highest BCUT2D eigenvalue weighted by Gasteiger charge is 2.19. The Balaban J connectivity index is 2.62. The van der Waals surface area contributed by atoms with Crippen molar-refractivity contribution in [2.75, 3.05) is 0 Å². The van der Waals surface area contributed by atoms with E-state index in [1.165, 1.54) is 0 Å². The van der Waals surface area contributed by atoms with E-state index in [1.807, 2.05) is 0 Å². The molecular weight excluding hydrogens is 282 g/mol. The average molecular weight is 307 g/mol. The van der Waals surface area contributed by atoms with Crippen LogP contribution < -0.4 is 10.5 Å². The van der Waals surface area contributed by atoms with E-state index in [0.717, 1.165) is 31.2 Å². The molecule has 0 spiro atoms. The number of carboxylic acid groups (broad SMARTS) is 1. The van der Waals surface area contributed by atoms with Crippen molar-refractivity contribution in [2.24, 2.45) is 11.7 Å². The molecule has 5 nitrogen and oxygen atoms in total. The zero-order chi connectivity index (χ0) is 16.5. The summed E-state index contributed by atoms with van der Waals surface area (Å²) in [4.78, 5) is 22.8. The van der Waals surface area contributed by atoms with Crippen LogP contribution in [-0.4, -0.2) is 23.1 Å². The van der Waals surface area contributed by atoms with E-state index in [0.29, 0.717) is 5.75 Å². The Morgan fingerprint density at radius 2 is 1.68 bits per heavy atom. The van der Waals surface area contributed by atoms with Gasteiger partial charge >= 0.3 is 11.9 Å². The Labute approximate surface area is 131 Å². The highest BCUT2D eigenvalue weighted by atomic mass is 16.5. The molecule has 0 radical (unpaired) electrons. The lowest BCUT2D eigenvalue weighted by atomic mass is 9.98. The molecule has 5 heteroatoms. The molecule has 0 aromatic heterocycles. The summed E-state index contributed by atoms with van der Waals surface area (Å²) in [7, 11) is 0. The highest BCUT2D eigenvalue weighted by Crippen LogP contribution is 2.19. The average Bonchev–Trinajstić information content (AvgIpc) is 2.48. The minimum atomic E-state index is -1.03. The lowest BCUT2D eigenvalue weighted by molar-refractivity contribution is -0.140. The summed E-state index contributed by atoms with van der Waals surface area (Å²) in [5.41, 5.74) is 6.29. The third-order valence-electron chi connectivity index (χ3n) is 3.52. The summed E-state index contributed by atoms with van der Waals surface area (Å²) in [5.74, 6) is -0.805. The molecule has 1 aromatic rings. The van der Waals surface area contributed by atoms with Gasteiger partial charge in [-0.25, -0.2) is 0 Å². The maximum Gasteiger partial charge on any atom is 0.320 e. The first-order chi connectivity index (χ1) is 10.5. The second kappa shape index (κ2) is 9.20. The van der Waals surface area contributed by atoms with Crippen LogP contribution in [-0.2, 0) is 16.0 Å². The van der Waals surface area contributed by atoms with Gasteiger partial charge in [0.15, 0.2) is 0 Å². The van der Waals surface area contributed by atoms with Gasteiger partial charge < -0.3 is 15.6 Å². The van der Waals surface area contributed by atoms with Gasteiger partial charge in [0, 0.05) is 0 Å². The molecule has 1 unspecified atom stereocenters. The number of ether oxygens (including phenoxy) is 1. The summed E-state index contributed by atoms with van der Waals surface area (Å²) in [5, 5.41) is 8.78. The summed E-state index contributed by atoms with van der Waals surface area (Å²) in [6.45, 7) is 4.10. The Morgan fingerprint density at radius 1 is 1.14 bits per heavy atom. The molecule has 0 saturated carbocycles. The number of carboxylic acids is 1. The van der Waals surface area contributed by atoms with Gasteiger partial charge in [-0.15, -0.1) is 0 Å². The molecule has 0 saturated heterocycles. The van der Waals surface area contributed by atoms with Crippen molar-refractivity contribution in [3.05, 3.63) is 29.8 Å². The first-order valence-electron chi connectivity index (χ1n) is 7.76. The molecule has 0 aliphatic carbocycles. The predicted molar refractivity (Wildman–Crippen MR) is 84.7 cm³/mol. The van der Waals surface area contributed by atoms with Gasteiger partial charge in [0.05, 0.1) is 5.92 Å². The van der Waals surface area contributed by atoms with Gasteiger partial charge in [-0.1, -0.05) is 38.8 Å². The van der Waals surface area contributed by atoms with E-state index < -0.39 is 12.0 Å². The Bertz CT molecular complexity index is 478. The smallest absolute Gasteiger partial charge is 0.320 e. The normalized spacial score (nSPS) is 12.2. The van der Waals surface area contributed by atoms with Crippen LogP contribution in [0.4, 0.5) is 0 Å². The Kier molecular flexibility index (Phi) is 7.60. The van der Waals surface area contributed by atoms with Crippen LogP contribution >= 0.6 is 0 Å². The number of esters is 1. The summed E-state index contributed by atoms with van der Waals surface area (Å²) in [6, 6.07) is 5.90. The number of nitrogens with two attached hydrogens (primary N) is 1. The fourth-order valence-corrected chi connectivity index (χ4v) is 2.31. The van der Waals surface area contributed by atoms with Gasteiger partial charge in [-0.05, 0) is 37.0 Å². The molecule has 3 N–H and O–H groups in total. The lowest BCUT2D eigenvalue weighted by Gasteiger charge is -2.14. The molecule has 0 aliphatic heterocycles. The van der Waals surface area contributed by atoms with E-state index >= 15 is 0 Å². The molecule has 122 valence electrons. The van der Waals surface area contributed by atoms with E-state index in [2.05, 4.69) is 13.8 Å². The molecule has 0 fully saturated rings. The predicted octanol–water partition coefficient (Wildman–Crippen LogP) is 2.76. The van der Waals surface area contributed by atoms with E-state index in [1.54, 1.807) is 24.3 Å². The number of carbonyl (C=O) groups is 2. The van der Waals surface area contributed by atoms with Crippen molar-refractivity contribution >= 4 is 11.9 Å². The summed E-state index contributed by atoms with van der Waals surface area (Å²) < 4.78 is 5.40. The number of hydrogen-bond acceptors (Lipinski definition) is 4. The first-order valence-corrected chi connectivity index (χ1v) is 7.76. The molecule has 0 heterocycles. The SMILES string of the molecule is CCCC(CCC)C(=O)Oc1ccc(CC(N)C(=O)O)cc1. The van der Waals surface area contributed by atoms with Gasteiger partial charge in [-0.2, -0.15) is 0 Å². The summed E-state index contributed by atoms with van der Waals surface area (Å²) >= 11 is 0. The number of hydrogen-bond donors (Lipinski definition) is 2. The van der Waals surface area contributed by atoms with Gasteiger partial charge in [-0.3, -0.25) is 9.59 Å². The Morgan fingerprint density at radius 3 is 2.14 bits per heavy atom. The molecule has 0 bridgehead atoms. The molecule has 1 rings (SSSR count). The fraction of sp³-hybridized carbons (Fsp3) is 0.529. The van der Waals surface area contributed by atoms with Gasteiger partial charge in [0.1, 0.15) is 11.8 Å². The van der Waals surface area contributed by atoms with E-state index in [4.69, 9.17) is 15.6 Å². The number of benzene rings is 1. The topological polar surface area (TPSA) is 89.6 Å². The van der Waals surface area contributed by atoms with Crippen LogP contribution in [0.1, 0.15) is 45.1 Å².